The van der Waals surface area contributed by atoms with E-state index in [0.29, 0.717) is 18.4 Å². The normalized spacial score (nSPS) is 24.0. The first-order valence-electron chi connectivity index (χ1n) is 7.49. The summed E-state index contributed by atoms with van der Waals surface area (Å²) < 4.78 is 26.3. The topological polar surface area (TPSA) is 15.3 Å². The molecule has 2 unspecified atom stereocenters. The highest BCUT2D eigenvalue weighted by molar-refractivity contribution is 5.18. The number of hydrogen-bond acceptors (Lipinski definition) is 2. The van der Waals surface area contributed by atoms with Gasteiger partial charge in [-0.2, -0.15) is 0 Å². The Morgan fingerprint density at radius 3 is 2.55 bits per heavy atom. The summed E-state index contributed by atoms with van der Waals surface area (Å²) in [4.78, 5) is 2.39. The van der Waals surface area contributed by atoms with Crippen molar-refractivity contribution in [3.63, 3.8) is 0 Å². The second-order valence-electron chi connectivity index (χ2n) is 5.76. The smallest absolute Gasteiger partial charge is 0.126 e. The van der Waals surface area contributed by atoms with Crippen molar-refractivity contribution in [2.24, 2.45) is 5.92 Å². The van der Waals surface area contributed by atoms with E-state index in [1.807, 2.05) is 0 Å². The van der Waals surface area contributed by atoms with Crippen LogP contribution < -0.4 is 5.32 Å². The van der Waals surface area contributed by atoms with E-state index in [0.717, 1.165) is 44.2 Å². The van der Waals surface area contributed by atoms with Gasteiger partial charge in [0.25, 0.3) is 0 Å². The lowest BCUT2D eigenvalue weighted by molar-refractivity contribution is 0.150. The van der Waals surface area contributed by atoms with Crippen LogP contribution in [0, 0.1) is 17.6 Å². The molecule has 0 aliphatic carbocycles. The Morgan fingerprint density at radius 1 is 1.25 bits per heavy atom. The first kappa shape index (κ1) is 15.4. The van der Waals surface area contributed by atoms with Crippen LogP contribution in [0.25, 0.3) is 0 Å². The van der Waals surface area contributed by atoms with Gasteiger partial charge in [-0.3, -0.25) is 0 Å². The van der Waals surface area contributed by atoms with Crippen molar-refractivity contribution in [1.29, 1.82) is 0 Å². The number of nitrogens with zero attached hydrogens (tertiary/aromatic N) is 1. The summed E-state index contributed by atoms with van der Waals surface area (Å²) in [6.07, 6.45) is 1.85. The van der Waals surface area contributed by atoms with Crippen molar-refractivity contribution in [2.75, 3.05) is 26.2 Å². The van der Waals surface area contributed by atoms with E-state index in [1.165, 1.54) is 12.1 Å². The zero-order chi connectivity index (χ0) is 14.5. The molecule has 1 N–H and O–H groups in total. The number of piperidine rings is 1. The van der Waals surface area contributed by atoms with Crippen molar-refractivity contribution in [3.05, 3.63) is 35.4 Å². The number of halogens is 2. The summed E-state index contributed by atoms with van der Waals surface area (Å²) in [5.41, 5.74) is 0.740. The molecule has 2 atom stereocenters. The number of benzene rings is 1. The molecule has 20 heavy (non-hydrogen) atoms. The molecular formula is C16H24F2N2. The monoisotopic (exact) mass is 282 g/mol. The van der Waals surface area contributed by atoms with Gasteiger partial charge >= 0.3 is 0 Å². The molecule has 1 fully saturated rings. The van der Waals surface area contributed by atoms with Crippen LogP contribution >= 0.6 is 0 Å². The van der Waals surface area contributed by atoms with Gasteiger partial charge in [-0.05, 0) is 49.5 Å². The molecule has 112 valence electrons. The fourth-order valence-corrected chi connectivity index (χ4v) is 3.04. The fraction of sp³-hybridized carbons (Fsp3) is 0.625. The third-order valence-electron chi connectivity index (χ3n) is 4.09. The van der Waals surface area contributed by atoms with Gasteiger partial charge < -0.3 is 10.2 Å². The van der Waals surface area contributed by atoms with E-state index < -0.39 is 11.6 Å². The van der Waals surface area contributed by atoms with Crippen molar-refractivity contribution < 1.29 is 8.78 Å². The molecule has 0 radical (unpaired) electrons. The predicted molar refractivity (Wildman–Crippen MR) is 77.7 cm³/mol. The van der Waals surface area contributed by atoms with Gasteiger partial charge in [0, 0.05) is 25.2 Å². The Morgan fingerprint density at radius 2 is 1.95 bits per heavy atom. The molecule has 1 saturated heterocycles. The van der Waals surface area contributed by atoms with Gasteiger partial charge in [0.2, 0.25) is 0 Å². The summed E-state index contributed by atoms with van der Waals surface area (Å²) >= 11 is 0. The molecule has 0 bridgehead atoms. The van der Waals surface area contributed by atoms with Gasteiger partial charge in [0.15, 0.2) is 0 Å². The largest absolute Gasteiger partial charge is 0.314 e. The zero-order valence-electron chi connectivity index (χ0n) is 12.3. The van der Waals surface area contributed by atoms with Crippen LogP contribution in [-0.4, -0.2) is 37.1 Å². The molecule has 2 rings (SSSR count). The second kappa shape index (κ2) is 7.14. The highest BCUT2D eigenvalue weighted by atomic mass is 19.1. The number of nitrogens with one attached hydrogen (secondary N) is 1. The third kappa shape index (κ3) is 4.25. The lowest BCUT2D eigenvalue weighted by atomic mass is 9.93. The highest BCUT2D eigenvalue weighted by Crippen LogP contribution is 2.17. The molecule has 0 spiro atoms. The molecule has 1 aromatic carbocycles. The van der Waals surface area contributed by atoms with Crippen LogP contribution in [0.4, 0.5) is 8.78 Å². The summed E-state index contributed by atoms with van der Waals surface area (Å²) in [5, 5.41) is 3.52. The highest BCUT2D eigenvalue weighted by Gasteiger charge is 2.24. The van der Waals surface area contributed by atoms with Crippen molar-refractivity contribution in [1.82, 2.24) is 10.2 Å². The van der Waals surface area contributed by atoms with E-state index in [2.05, 4.69) is 24.1 Å². The molecule has 0 saturated carbocycles. The van der Waals surface area contributed by atoms with Gasteiger partial charge in [-0.1, -0.05) is 13.8 Å². The maximum Gasteiger partial charge on any atom is 0.126 e. The Hall–Kier alpha value is -1.00. The van der Waals surface area contributed by atoms with Crippen LogP contribution in [0.2, 0.25) is 0 Å². The molecule has 1 aliphatic rings. The van der Waals surface area contributed by atoms with Crippen LogP contribution in [0.5, 0.6) is 0 Å². The quantitative estimate of drug-likeness (QED) is 0.893. The summed E-state index contributed by atoms with van der Waals surface area (Å²) in [6.45, 7) is 8.39. The second-order valence-corrected chi connectivity index (χ2v) is 5.76. The molecular weight excluding hydrogens is 258 g/mol. The Balaban J connectivity index is 1.83. The van der Waals surface area contributed by atoms with E-state index in [4.69, 9.17) is 0 Å². The molecule has 1 aromatic rings. The maximum atomic E-state index is 13.1. The fourth-order valence-electron chi connectivity index (χ4n) is 3.04. The Kier molecular flexibility index (Phi) is 5.49. The van der Waals surface area contributed by atoms with Gasteiger partial charge in [0.1, 0.15) is 11.6 Å². The summed E-state index contributed by atoms with van der Waals surface area (Å²) in [5.74, 6) is -0.355. The van der Waals surface area contributed by atoms with E-state index in [-0.39, 0.29) is 0 Å². The van der Waals surface area contributed by atoms with E-state index in [9.17, 15) is 8.78 Å². The van der Waals surface area contributed by atoms with Gasteiger partial charge in [-0.15, -0.1) is 0 Å². The summed E-state index contributed by atoms with van der Waals surface area (Å²) in [6, 6.07) is 4.38. The van der Waals surface area contributed by atoms with Crippen molar-refractivity contribution >= 4 is 0 Å². The SMILES string of the molecule is CCNC1CCN(CCc2cc(F)cc(F)c2)CC1C. The average molecular weight is 282 g/mol. The maximum absolute atomic E-state index is 13.1. The van der Waals surface area contributed by atoms with Crippen molar-refractivity contribution in [2.45, 2.75) is 32.7 Å². The average Bonchev–Trinajstić information content (AvgIpc) is 2.38. The van der Waals surface area contributed by atoms with Crippen LogP contribution in [0.1, 0.15) is 25.8 Å². The third-order valence-corrected chi connectivity index (χ3v) is 4.09. The molecule has 0 amide bonds. The van der Waals surface area contributed by atoms with Crippen molar-refractivity contribution in [3.8, 4) is 0 Å². The standard InChI is InChI=1S/C16H24F2N2/c1-3-19-16-5-7-20(11-12(16)2)6-4-13-8-14(17)10-15(18)9-13/h8-10,12,16,19H,3-7,11H2,1-2H3. The lowest BCUT2D eigenvalue weighted by Crippen LogP contribution is -2.48. The Labute approximate surface area is 120 Å². The first-order valence-corrected chi connectivity index (χ1v) is 7.49. The van der Waals surface area contributed by atoms with Crippen LogP contribution in [0.3, 0.4) is 0 Å². The molecule has 1 heterocycles. The number of likely N-dealkylation sites (tertiary alicyclic amines) is 1. The minimum absolute atomic E-state index is 0.487. The number of hydrogen-bond donors (Lipinski definition) is 1. The van der Waals surface area contributed by atoms with Gasteiger partial charge in [0.05, 0.1) is 0 Å². The molecule has 4 heteroatoms. The zero-order valence-corrected chi connectivity index (χ0v) is 12.3. The number of rotatable bonds is 5. The molecule has 2 nitrogen and oxygen atoms in total. The first-order chi connectivity index (χ1) is 9.58. The van der Waals surface area contributed by atoms with E-state index >= 15 is 0 Å². The van der Waals surface area contributed by atoms with Gasteiger partial charge in [-0.25, -0.2) is 8.78 Å². The minimum atomic E-state index is -0.487. The van der Waals surface area contributed by atoms with Crippen LogP contribution in [-0.2, 0) is 6.42 Å². The summed E-state index contributed by atoms with van der Waals surface area (Å²) in [7, 11) is 0. The Bertz CT molecular complexity index is 416. The lowest BCUT2D eigenvalue weighted by Gasteiger charge is -2.37. The molecule has 1 aliphatic heterocycles. The van der Waals surface area contributed by atoms with E-state index in [1.54, 1.807) is 0 Å². The predicted octanol–water partition coefficient (Wildman–Crippen LogP) is 2.83. The van der Waals surface area contributed by atoms with Crippen LogP contribution in [0.15, 0.2) is 18.2 Å². The molecule has 0 aromatic heterocycles. The minimum Gasteiger partial charge on any atom is -0.314 e.